The molecule has 0 aliphatic carbocycles. The van der Waals surface area contributed by atoms with Gasteiger partial charge >= 0.3 is 12.2 Å². The molecule has 0 atom stereocenters. The molecule has 0 unspecified atom stereocenters. The van der Waals surface area contributed by atoms with Crippen LogP contribution in [0.25, 0.3) is 0 Å². The van der Waals surface area contributed by atoms with Crippen molar-refractivity contribution in [3.63, 3.8) is 0 Å². The van der Waals surface area contributed by atoms with Crippen LogP contribution < -0.4 is 5.32 Å². The van der Waals surface area contributed by atoms with Gasteiger partial charge in [-0.3, -0.25) is 5.32 Å². The molecule has 1 fully saturated rings. The summed E-state index contributed by atoms with van der Waals surface area (Å²) >= 11 is 0. The van der Waals surface area contributed by atoms with Gasteiger partial charge in [-0.05, 0) is 60.3 Å². The Balaban J connectivity index is 2.86. The summed E-state index contributed by atoms with van der Waals surface area (Å²) in [6, 6.07) is 0. The summed E-state index contributed by atoms with van der Waals surface area (Å²) in [5.74, 6) is 0.802. The zero-order valence-electron chi connectivity index (χ0n) is 15.9. The molecule has 0 aromatic rings. The molecule has 0 aromatic heterocycles. The number of piperidine rings is 1. The quantitative estimate of drug-likeness (QED) is 0.538. The maximum atomic E-state index is 12.0. The van der Waals surface area contributed by atoms with E-state index in [1.807, 2.05) is 4.90 Å². The van der Waals surface area contributed by atoms with Crippen LogP contribution in [-0.4, -0.2) is 47.3 Å². The Bertz CT molecular complexity index is 481. The molecule has 0 radical (unpaired) electrons. The van der Waals surface area contributed by atoms with Crippen LogP contribution in [0, 0.1) is 5.92 Å². The van der Waals surface area contributed by atoms with Crippen molar-refractivity contribution in [3.8, 4) is 0 Å². The average Bonchev–Trinajstić information content (AvgIpc) is 2.34. The molecular weight excluding hydrogens is 310 g/mol. The molecular formula is C17H31N3O4. The van der Waals surface area contributed by atoms with E-state index in [4.69, 9.17) is 9.47 Å². The number of aliphatic imine (C=N–C) groups is 1. The van der Waals surface area contributed by atoms with Gasteiger partial charge in [0.05, 0.1) is 0 Å². The Labute approximate surface area is 144 Å². The lowest BCUT2D eigenvalue weighted by atomic mass is 10.00. The van der Waals surface area contributed by atoms with Crippen LogP contribution in [-0.2, 0) is 9.47 Å². The van der Waals surface area contributed by atoms with Gasteiger partial charge in [0.1, 0.15) is 11.2 Å². The highest BCUT2D eigenvalue weighted by molar-refractivity contribution is 5.98. The molecule has 1 heterocycles. The van der Waals surface area contributed by atoms with E-state index < -0.39 is 23.4 Å². The Kier molecular flexibility index (Phi) is 6.63. The molecule has 1 aliphatic rings. The fourth-order valence-corrected chi connectivity index (χ4v) is 2.16. The first-order valence-corrected chi connectivity index (χ1v) is 8.42. The zero-order chi connectivity index (χ0) is 18.5. The molecule has 1 rings (SSSR count). The normalized spacial score (nSPS) is 17.5. The molecule has 1 N–H and O–H groups in total. The molecule has 7 heteroatoms. The largest absolute Gasteiger partial charge is 0.444 e. The number of ether oxygens (including phenoxy) is 2. The summed E-state index contributed by atoms with van der Waals surface area (Å²) in [6.07, 6.45) is 0.586. The standard InChI is InChI=1S/C17H31N3O4/c1-12-8-10-20(11-9-12)13(18-14(21)23-16(2,3)4)19-15(22)24-17(5,6)7/h12H,8-11H2,1-7H3,(H,18,19,21,22). The van der Waals surface area contributed by atoms with Gasteiger partial charge in [0.15, 0.2) is 0 Å². The lowest BCUT2D eigenvalue weighted by Crippen LogP contribution is -2.49. The predicted molar refractivity (Wildman–Crippen MR) is 93.0 cm³/mol. The summed E-state index contributed by atoms with van der Waals surface area (Å²) in [7, 11) is 0. The molecule has 1 aliphatic heterocycles. The first kappa shape index (κ1) is 20.3. The van der Waals surface area contributed by atoms with Crippen LogP contribution in [0.1, 0.15) is 61.3 Å². The second-order valence-corrected chi connectivity index (χ2v) is 8.21. The lowest BCUT2D eigenvalue weighted by molar-refractivity contribution is 0.0552. The van der Waals surface area contributed by atoms with E-state index in [2.05, 4.69) is 17.2 Å². The number of nitrogens with one attached hydrogen (secondary N) is 1. The Morgan fingerprint density at radius 3 is 1.96 bits per heavy atom. The molecule has 0 spiro atoms. The molecule has 0 saturated carbocycles. The SMILES string of the molecule is CC1CCN(/C(=N\C(=O)OC(C)(C)C)NC(=O)OC(C)(C)C)CC1. The number of hydrogen-bond donors (Lipinski definition) is 1. The summed E-state index contributed by atoms with van der Waals surface area (Å²) < 4.78 is 10.5. The monoisotopic (exact) mass is 341 g/mol. The summed E-state index contributed by atoms with van der Waals surface area (Å²) in [4.78, 5) is 29.9. The Morgan fingerprint density at radius 2 is 1.50 bits per heavy atom. The fourth-order valence-electron chi connectivity index (χ4n) is 2.16. The summed E-state index contributed by atoms with van der Waals surface area (Å²) in [5.41, 5.74) is -1.27. The van der Waals surface area contributed by atoms with Crippen molar-refractivity contribution in [1.29, 1.82) is 0 Å². The Hall–Kier alpha value is -1.79. The molecule has 24 heavy (non-hydrogen) atoms. The Morgan fingerprint density at radius 1 is 1.00 bits per heavy atom. The van der Waals surface area contributed by atoms with Gasteiger partial charge in [-0.25, -0.2) is 9.59 Å². The molecule has 1 saturated heterocycles. The summed E-state index contributed by atoms with van der Waals surface area (Å²) in [6.45, 7) is 14.3. The van der Waals surface area contributed by atoms with Crippen LogP contribution in [0.5, 0.6) is 0 Å². The minimum absolute atomic E-state index is 0.186. The van der Waals surface area contributed by atoms with E-state index >= 15 is 0 Å². The van der Waals surface area contributed by atoms with E-state index in [0.717, 1.165) is 25.9 Å². The van der Waals surface area contributed by atoms with Crippen LogP contribution in [0.15, 0.2) is 4.99 Å². The minimum atomic E-state index is -0.729. The fraction of sp³-hybridized carbons (Fsp3) is 0.824. The number of alkyl carbamates (subject to hydrolysis) is 1. The van der Waals surface area contributed by atoms with Gasteiger partial charge in [0, 0.05) is 13.1 Å². The molecule has 2 amide bonds. The maximum absolute atomic E-state index is 12.0. The minimum Gasteiger partial charge on any atom is -0.444 e. The number of carbonyl (C=O) groups is 2. The first-order chi connectivity index (χ1) is 10.9. The summed E-state index contributed by atoms with van der Waals surface area (Å²) in [5, 5.41) is 2.59. The van der Waals surface area contributed by atoms with Crippen LogP contribution >= 0.6 is 0 Å². The number of carbonyl (C=O) groups excluding carboxylic acids is 2. The van der Waals surface area contributed by atoms with Crippen molar-refractivity contribution in [2.75, 3.05) is 13.1 Å². The average molecular weight is 341 g/mol. The highest BCUT2D eigenvalue weighted by Gasteiger charge is 2.25. The number of rotatable bonds is 0. The number of hydrogen-bond acceptors (Lipinski definition) is 4. The van der Waals surface area contributed by atoms with E-state index in [1.165, 1.54) is 0 Å². The number of guanidine groups is 1. The lowest BCUT2D eigenvalue weighted by Gasteiger charge is -2.32. The van der Waals surface area contributed by atoms with E-state index in [-0.39, 0.29) is 5.96 Å². The third-order valence-corrected chi connectivity index (χ3v) is 3.29. The van der Waals surface area contributed by atoms with Crippen LogP contribution in [0.3, 0.4) is 0 Å². The van der Waals surface area contributed by atoms with E-state index in [1.54, 1.807) is 41.5 Å². The van der Waals surface area contributed by atoms with E-state index in [9.17, 15) is 9.59 Å². The van der Waals surface area contributed by atoms with Crippen LogP contribution in [0.2, 0.25) is 0 Å². The molecule has 0 aromatic carbocycles. The van der Waals surface area contributed by atoms with Gasteiger partial charge < -0.3 is 14.4 Å². The van der Waals surface area contributed by atoms with Gasteiger partial charge in [-0.15, -0.1) is 4.99 Å². The highest BCUT2D eigenvalue weighted by atomic mass is 16.6. The van der Waals surface area contributed by atoms with Gasteiger partial charge in [0.25, 0.3) is 0 Å². The zero-order valence-corrected chi connectivity index (χ0v) is 15.9. The second-order valence-electron chi connectivity index (χ2n) is 8.21. The van der Waals surface area contributed by atoms with Crippen molar-refractivity contribution < 1.29 is 19.1 Å². The molecule has 7 nitrogen and oxygen atoms in total. The smallest absolute Gasteiger partial charge is 0.437 e. The van der Waals surface area contributed by atoms with Gasteiger partial charge in [0.2, 0.25) is 5.96 Å². The second kappa shape index (κ2) is 7.85. The first-order valence-electron chi connectivity index (χ1n) is 8.42. The number of likely N-dealkylation sites (tertiary alicyclic amines) is 1. The van der Waals surface area contributed by atoms with Gasteiger partial charge in [-0.2, -0.15) is 0 Å². The number of nitrogens with zero attached hydrogens (tertiary/aromatic N) is 2. The predicted octanol–water partition coefficient (Wildman–Crippen LogP) is 3.53. The van der Waals surface area contributed by atoms with Crippen molar-refractivity contribution in [3.05, 3.63) is 0 Å². The molecule has 0 bridgehead atoms. The van der Waals surface area contributed by atoms with Crippen molar-refractivity contribution in [2.45, 2.75) is 72.5 Å². The van der Waals surface area contributed by atoms with Gasteiger partial charge in [-0.1, -0.05) is 6.92 Å². The maximum Gasteiger partial charge on any atom is 0.437 e. The number of amides is 2. The third kappa shape index (κ3) is 8.17. The molecule has 138 valence electrons. The van der Waals surface area contributed by atoms with Crippen molar-refractivity contribution in [1.82, 2.24) is 10.2 Å². The van der Waals surface area contributed by atoms with Crippen molar-refractivity contribution >= 4 is 18.1 Å². The van der Waals surface area contributed by atoms with Crippen molar-refractivity contribution in [2.24, 2.45) is 10.9 Å². The van der Waals surface area contributed by atoms with Crippen LogP contribution in [0.4, 0.5) is 9.59 Å². The topological polar surface area (TPSA) is 80.2 Å². The van der Waals surface area contributed by atoms with E-state index in [0.29, 0.717) is 5.92 Å². The third-order valence-electron chi connectivity index (χ3n) is 3.29. The highest BCUT2D eigenvalue weighted by Crippen LogP contribution is 2.17.